The molecule has 1 N–H and O–H groups in total. The van der Waals surface area contributed by atoms with Gasteiger partial charge in [0, 0.05) is 22.8 Å². The zero-order valence-electron chi connectivity index (χ0n) is 9.48. The molecule has 1 heterocycles. The summed E-state index contributed by atoms with van der Waals surface area (Å²) in [7, 11) is 1.68. The lowest BCUT2D eigenvalue weighted by Crippen LogP contribution is -2.01. The minimum Gasteiger partial charge on any atom is -0.496 e. The third-order valence-corrected chi connectivity index (χ3v) is 2.81. The number of aromatic nitrogens is 1. The monoisotopic (exact) mass is 292 g/mol. The Morgan fingerprint density at radius 2 is 2.12 bits per heavy atom. The van der Waals surface area contributed by atoms with E-state index >= 15 is 0 Å². The van der Waals surface area contributed by atoms with Crippen LogP contribution in [0.3, 0.4) is 0 Å². The van der Waals surface area contributed by atoms with Crippen molar-refractivity contribution in [1.82, 2.24) is 4.98 Å². The molecule has 2 aromatic rings. The van der Waals surface area contributed by atoms with E-state index in [0.717, 1.165) is 21.5 Å². The van der Waals surface area contributed by atoms with E-state index in [0.29, 0.717) is 6.54 Å². The van der Waals surface area contributed by atoms with Crippen LogP contribution < -0.4 is 10.1 Å². The minimum atomic E-state index is 0.710. The molecule has 0 saturated carbocycles. The SMILES string of the molecule is COc1ccccc1CNc1cncc(Br)c1. The van der Waals surface area contributed by atoms with Gasteiger partial charge < -0.3 is 10.1 Å². The topological polar surface area (TPSA) is 34.1 Å². The number of ether oxygens (including phenoxy) is 1. The molecule has 17 heavy (non-hydrogen) atoms. The number of rotatable bonds is 4. The third-order valence-electron chi connectivity index (χ3n) is 2.38. The van der Waals surface area contributed by atoms with Gasteiger partial charge in [-0.15, -0.1) is 0 Å². The van der Waals surface area contributed by atoms with E-state index in [2.05, 4.69) is 26.2 Å². The number of para-hydroxylation sites is 1. The van der Waals surface area contributed by atoms with Crippen LogP contribution in [0.25, 0.3) is 0 Å². The second-order valence-electron chi connectivity index (χ2n) is 3.56. The van der Waals surface area contributed by atoms with E-state index in [-0.39, 0.29) is 0 Å². The van der Waals surface area contributed by atoms with Crippen LogP contribution >= 0.6 is 15.9 Å². The fourth-order valence-corrected chi connectivity index (χ4v) is 1.92. The van der Waals surface area contributed by atoms with E-state index in [1.165, 1.54) is 0 Å². The van der Waals surface area contributed by atoms with Crippen LogP contribution in [0.2, 0.25) is 0 Å². The molecule has 3 nitrogen and oxygen atoms in total. The fraction of sp³-hybridized carbons (Fsp3) is 0.154. The Labute approximate surface area is 109 Å². The van der Waals surface area contributed by atoms with Crippen LogP contribution in [0.15, 0.2) is 47.2 Å². The molecular formula is C13H13BrN2O. The number of benzene rings is 1. The Hall–Kier alpha value is -1.55. The summed E-state index contributed by atoms with van der Waals surface area (Å²) in [5, 5.41) is 3.30. The van der Waals surface area contributed by atoms with Crippen LogP contribution in [0.5, 0.6) is 5.75 Å². The highest BCUT2D eigenvalue weighted by atomic mass is 79.9. The Bertz CT molecular complexity index is 502. The number of anilines is 1. The molecule has 1 aromatic carbocycles. The summed E-state index contributed by atoms with van der Waals surface area (Å²) < 4.78 is 6.25. The zero-order chi connectivity index (χ0) is 12.1. The normalized spacial score (nSPS) is 10.0. The predicted molar refractivity (Wildman–Crippen MR) is 72.3 cm³/mol. The fourth-order valence-electron chi connectivity index (χ4n) is 1.55. The molecule has 0 spiro atoms. The van der Waals surface area contributed by atoms with Gasteiger partial charge in [0.25, 0.3) is 0 Å². The largest absolute Gasteiger partial charge is 0.496 e. The molecule has 0 aliphatic carbocycles. The van der Waals surface area contributed by atoms with Crippen LogP contribution in [-0.2, 0) is 6.54 Å². The quantitative estimate of drug-likeness (QED) is 0.937. The third kappa shape index (κ3) is 3.20. The van der Waals surface area contributed by atoms with Crippen LogP contribution in [0, 0.1) is 0 Å². The summed E-state index contributed by atoms with van der Waals surface area (Å²) in [6.45, 7) is 0.710. The van der Waals surface area contributed by atoms with Gasteiger partial charge in [0.05, 0.1) is 19.0 Å². The molecule has 0 aliphatic rings. The summed E-state index contributed by atoms with van der Waals surface area (Å²) in [4.78, 5) is 4.10. The highest BCUT2D eigenvalue weighted by Crippen LogP contribution is 2.19. The molecule has 0 saturated heterocycles. The van der Waals surface area contributed by atoms with Gasteiger partial charge in [0.15, 0.2) is 0 Å². The smallest absolute Gasteiger partial charge is 0.123 e. The summed E-state index contributed by atoms with van der Waals surface area (Å²) >= 11 is 3.39. The van der Waals surface area contributed by atoms with Crippen LogP contribution in [-0.4, -0.2) is 12.1 Å². The standard InChI is InChI=1S/C13H13BrN2O/c1-17-13-5-3-2-4-10(13)7-16-12-6-11(14)8-15-9-12/h2-6,8-9,16H,7H2,1H3. The van der Waals surface area contributed by atoms with Gasteiger partial charge in [-0.2, -0.15) is 0 Å². The van der Waals surface area contributed by atoms with Crippen LogP contribution in [0.4, 0.5) is 5.69 Å². The zero-order valence-corrected chi connectivity index (χ0v) is 11.1. The summed E-state index contributed by atoms with van der Waals surface area (Å²) in [6.07, 6.45) is 3.55. The summed E-state index contributed by atoms with van der Waals surface area (Å²) in [5.41, 5.74) is 2.10. The first-order valence-electron chi connectivity index (χ1n) is 5.26. The Balaban J connectivity index is 2.07. The number of nitrogens with zero attached hydrogens (tertiary/aromatic N) is 1. The number of halogens is 1. The van der Waals surface area contributed by atoms with Crippen molar-refractivity contribution in [2.75, 3.05) is 12.4 Å². The Morgan fingerprint density at radius 1 is 1.29 bits per heavy atom. The number of nitrogens with one attached hydrogen (secondary N) is 1. The lowest BCUT2D eigenvalue weighted by atomic mass is 10.2. The maximum absolute atomic E-state index is 5.29. The second kappa shape index (κ2) is 5.68. The predicted octanol–water partition coefficient (Wildman–Crippen LogP) is 3.46. The molecule has 2 rings (SSSR count). The molecule has 0 bridgehead atoms. The van der Waals surface area contributed by atoms with Gasteiger partial charge in [-0.25, -0.2) is 0 Å². The van der Waals surface area contributed by atoms with Gasteiger partial charge in [-0.1, -0.05) is 18.2 Å². The maximum Gasteiger partial charge on any atom is 0.123 e. The molecule has 0 amide bonds. The van der Waals surface area contributed by atoms with E-state index in [4.69, 9.17) is 4.74 Å². The van der Waals surface area contributed by atoms with Crippen molar-refractivity contribution >= 4 is 21.6 Å². The first-order valence-corrected chi connectivity index (χ1v) is 6.05. The first-order chi connectivity index (χ1) is 8.29. The van der Waals surface area contributed by atoms with Gasteiger partial charge in [-0.3, -0.25) is 4.98 Å². The van der Waals surface area contributed by atoms with Crippen molar-refractivity contribution in [1.29, 1.82) is 0 Å². The molecule has 0 fully saturated rings. The Morgan fingerprint density at radius 3 is 2.88 bits per heavy atom. The maximum atomic E-state index is 5.29. The van der Waals surface area contributed by atoms with Crippen molar-refractivity contribution in [2.24, 2.45) is 0 Å². The van der Waals surface area contributed by atoms with E-state index in [1.54, 1.807) is 19.5 Å². The Kier molecular flexibility index (Phi) is 3.98. The van der Waals surface area contributed by atoms with Crippen molar-refractivity contribution in [3.8, 4) is 5.75 Å². The highest BCUT2D eigenvalue weighted by molar-refractivity contribution is 9.10. The van der Waals surface area contributed by atoms with Crippen molar-refractivity contribution in [3.05, 3.63) is 52.8 Å². The first kappa shape index (κ1) is 11.9. The molecule has 4 heteroatoms. The number of hydrogen-bond acceptors (Lipinski definition) is 3. The van der Waals surface area contributed by atoms with Crippen molar-refractivity contribution < 1.29 is 4.74 Å². The van der Waals surface area contributed by atoms with E-state index in [9.17, 15) is 0 Å². The molecule has 0 atom stereocenters. The van der Waals surface area contributed by atoms with Gasteiger partial charge in [-0.05, 0) is 28.1 Å². The van der Waals surface area contributed by atoms with Crippen molar-refractivity contribution in [2.45, 2.75) is 6.54 Å². The van der Waals surface area contributed by atoms with E-state index < -0.39 is 0 Å². The minimum absolute atomic E-state index is 0.710. The number of pyridine rings is 1. The van der Waals surface area contributed by atoms with Gasteiger partial charge >= 0.3 is 0 Å². The van der Waals surface area contributed by atoms with E-state index in [1.807, 2.05) is 30.3 Å². The highest BCUT2D eigenvalue weighted by Gasteiger charge is 2.01. The molecule has 1 aromatic heterocycles. The van der Waals surface area contributed by atoms with Gasteiger partial charge in [0.1, 0.15) is 5.75 Å². The van der Waals surface area contributed by atoms with Crippen LogP contribution in [0.1, 0.15) is 5.56 Å². The lowest BCUT2D eigenvalue weighted by Gasteiger charge is -2.10. The molecule has 0 unspecified atom stereocenters. The molecular weight excluding hydrogens is 280 g/mol. The second-order valence-corrected chi connectivity index (χ2v) is 4.47. The molecule has 0 radical (unpaired) electrons. The van der Waals surface area contributed by atoms with Crippen molar-refractivity contribution in [3.63, 3.8) is 0 Å². The lowest BCUT2D eigenvalue weighted by molar-refractivity contribution is 0.410. The number of hydrogen-bond donors (Lipinski definition) is 1. The number of methoxy groups -OCH3 is 1. The average Bonchev–Trinajstić information content (AvgIpc) is 2.37. The average molecular weight is 293 g/mol. The summed E-state index contributed by atoms with van der Waals surface area (Å²) in [5.74, 6) is 0.892. The molecule has 88 valence electrons. The van der Waals surface area contributed by atoms with Gasteiger partial charge in [0.2, 0.25) is 0 Å². The molecule has 0 aliphatic heterocycles. The summed E-state index contributed by atoms with van der Waals surface area (Å²) in [6, 6.07) is 9.94.